The van der Waals surface area contributed by atoms with Crippen LogP contribution >= 0.6 is 0 Å². The first-order valence-electron chi connectivity index (χ1n) is 23.0. The molecular formula is C46H50F12N8O8. The molecule has 0 bridgehead atoms. The highest BCUT2D eigenvalue weighted by Gasteiger charge is 2.69. The van der Waals surface area contributed by atoms with E-state index in [0.29, 0.717) is 56.5 Å². The predicted octanol–water partition coefficient (Wildman–Crippen LogP) is 8.68. The fraction of sp³-hybridized carbons (Fsp3) is 0.565. The lowest BCUT2D eigenvalue weighted by atomic mass is 10.0. The van der Waals surface area contributed by atoms with Gasteiger partial charge < -0.3 is 39.7 Å². The van der Waals surface area contributed by atoms with Gasteiger partial charge >= 0.3 is 18.4 Å². The summed E-state index contributed by atoms with van der Waals surface area (Å²) in [6, 6.07) is -1.27. The molecule has 28 heteroatoms. The van der Waals surface area contributed by atoms with Gasteiger partial charge in [-0.15, -0.1) is 0 Å². The van der Waals surface area contributed by atoms with Gasteiger partial charge in [-0.25, -0.2) is 31.1 Å². The molecule has 2 saturated heterocycles. The van der Waals surface area contributed by atoms with Crippen LogP contribution in [-0.4, -0.2) is 103 Å². The number of nitrogens with zero attached hydrogens (tertiary/aromatic N) is 6. The van der Waals surface area contributed by atoms with E-state index in [1.54, 1.807) is 20.8 Å². The van der Waals surface area contributed by atoms with Gasteiger partial charge in [0.1, 0.15) is 28.1 Å². The minimum Gasteiger partial charge on any atom is -0.483 e. The molecule has 4 aromatic rings. The number of nitrogens with one attached hydrogen (secondary N) is 1. The SMILES string of the molecule is CC(C)(C)OC(=O)N[C@@H](CC(=O)N1CCC[C@H]1c1noc(C2(C(F)(F)F)CC2)n1)Cc1cc(F)c(F)cc1F.N[C@@H](CC(=O)N1CCC[C@H]1c1noc(C2(C(F)(F)F)CC2)n1)Cc1cc(F)c(F)cc1F.O=CO. The van der Waals surface area contributed by atoms with Crippen molar-refractivity contribution in [1.82, 2.24) is 35.4 Å². The summed E-state index contributed by atoms with van der Waals surface area (Å²) in [5.41, 5.74) is 0.331. The molecule has 0 radical (unpaired) electrons. The molecule has 0 unspecified atom stereocenters. The predicted molar refractivity (Wildman–Crippen MR) is 229 cm³/mol. The van der Waals surface area contributed by atoms with Crippen molar-refractivity contribution in [1.29, 1.82) is 0 Å². The molecule has 2 aliphatic heterocycles. The number of alkyl halides is 6. The maximum absolute atomic E-state index is 14.4. The monoisotopic (exact) mass is 1070 g/mol. The Balaban J connectivity index is 0.000000233. The second kappa shape index (κ2) is 22.2. The van der Waals surface area contributed by atoms with Crippen molar-refractivity contribution in [3.63, 3.8) is 0 Å². The number of ether oxygens (including phenoxy) is 1. The zero-order valence-corrected chi connectivity index (χ0v) is 39.7. The van der Waals surface area contributed by atoms with Gasteiger partial charge in [-0.1, -0.05) is 10.3 Å². The van der Waals surface area contributed by atoms with Crippen molar-refractivity contribution < 1.29 is 90.8 Å². The van der Waals surface area contributed by atoms with E-state index in [4.69, 9.17) is 29.4 Å². The Labute approximate surface area is 413 Å². The summed E-state index contributed by atoms with van der Waals surface area (Å²) in [6.45, 7) is 5.14. The van der Waals surface area contributed by atoms with Crippen LogP contribution in [0.1, 0.15) is 132 Å². The highest BCUT2D eigenvalue weighted by atomic mass is 19.4. The summed E-state index contributed by atoms with van der Waals surface area (Å²) in [7, 11) is 0. The number of rotatable bonds is 13. The second-order valence-electron chi connectivity index (χ2n) is 19.3. The number of likely N-dealkylation sites (tertiary alicyclic amines) is 2. The van der Waals surface area contributed by atoms with Gasteiger partial charge in [-0.2, -0.15) is 36.3 Å². The molecule has 2 aromatic carbocycles. The van der Waals surface area contributed by atoms with Gasteiger partial charge in [0.2, 0.25) is 23.6 Å². The standard InChI is InChI=1S/C25H28F6N4O4.C20H20F6N4O2.CH2O2/c1-23(2,3)38-22(37)32-14(9-13-10-16(27)17(28)12-15(13)26)11-19(36)35-8-4-5-18(35)20-33-21(39-34-20)24(6-7-24)25(29,30)31;21-12-9-14(23)13(22)7-10(12)6-11(27)8-16(31)30-5-1-2-15(30)17-28-18(32-29-17)19(3-4-19)20(24,25)26;2-1-3/h10,12,14,18H,4-9,11H2,1-3H3,(H,32,37);7,9,11,15H,1-6,8,27H2;1H,(H,2,3)/t14-,18+;11-,15+;/m11./s1. The van der Waals surface area contributed by atoms with Crippen molar-refractivity contribution in [2.45, 2.75) is 151 Å². The van der Waals surface area contributed by atoms with E-state index in [0.717, 1.165) is 0 Å². The zero-order chi connectivity index (χ0) is 54.7. The van der Waals surface area contributed by atoms with Crippen molar-refractivity contribution >= 4 is 24.4 Å². The number of hydrogen-bond acceptors (Lipinski definition) is 12. The van der Waals surface area contributed by atoms with Crippen LogP contribution in [0.5, 0.6) is 0 Å². The van der Waals surface area contributed by atoms with Crippen LogP contribution in [0, 0.1) is 34.9 Å². The Kier molecular flexibility index (Phi) is 17.0. The molecule has 3 amide bonds. The smallest absolute Gasteiger partial charge is 0.407 e. The second-order valence-corrected chi connectivity index (χ2v) is 19.3. The average Bonchev–Trinajstić information content (AvgIpc) is 3.92. The Hall–Kier alpha value is -6.48. The highest BCUT2D eigenvalue weighted by Crippen LogP contribution is 2.59. The molecule has 4 fully saturated rings. The molecule has 2 aliphatic carbocycles. The fourth-order valence-electron chi connectivity index (χ4n) is 8.66. The average molecular weight is 1070 g/mol. The van der Waals surface area contributed by atoms with Gasteiger partial charge in [0, 0.05) is 50.1 Å². The Morgan fingerprint density at radius 1 is 0.716 bits per heavy atom. The summed E-state index contributed by atoms with van der Waals surface area (Å²) in [6.07, 6.45) is -9.83. The molecular weight excluding hydrogens is 1020 g/mol. The summed E-state index contributed by atoms with van der Waals surface area (Å²) in [5.74, 6) is -9.32. The number of amides is 3. The first-order valence-corrected chi connectivity index (χ1v) is 23.0. The molecule has 4 heterocycles. The number of carbonyl (C=O) groups excluding carboxylic acids is 3. The van der Waals surface area contributed by atoms with Crippen LogP contribution in [0.2, 0.25) is 0 Å². The molecule has 0 spiro atoms. The van der Waals surface area contributed by atoms with Crippen molar-refractivity contribution in [3.8, 4) is 0 Å². The van der Waals surface area contributed by atoms with E-state index < -0.39 is 124 Å². The van der Waals surface area contributed by atoms with E-state index in [2.05, 4.69) is 25.6 Å². The minimum absolute atomic E-state index is 0.00148. The van der Waals surface area contributed by atoms with E-state index in [1.807, 2.05) is 0 Å². The van der Waals surface area contributed by atoms with Crippen LogP contribution in [0.15, 0.2) is 33.3 Å². The lowest BCUT2D eigenvalue weighted by Crippen LogP contribution is -2.44. The van der Waals surface area contributed by atoms with Gasteiger partial charge in [-0.05, 0) is 108 Å². The van der Waals surface area contributed by atoms with Crippen LogP contribution in [-0.2, 0) is 42.8 Å². The number of halogens is 12. The molecule has 4 N–H and O–H groups in total. The maximum atomic E-state index is 14.4. The van der Waals surface area contributed by atoms with Crippen LogP contribution in [0.25, 0.3) is 0 Å². The van der Waals surface area contributed by atoms with Gasteiger partial charge in [0.05, 0.1) is 12.1 Å². The van der Waals surface area contributed by atoms with Gasteiger partial charge in [0.25, 0.3) is 6.47 Å². The summed E-state index contributed by atoms with van der Waals surface area (Å²) in [4.78, 5) is 57.6. The third-order valence-corrected chi connectivity index (χ3v) is 12.7. The summed E-state index contributed by atoms with van der Waals surface area (Å²) >= 11 is 0. The molecule has 2 aromatic heterocycles. The fourth-order valence-corrected chi connectivity index (χ4v) is 8.66. The number of aromatic nitrogens is 4. The summed E-state index contributed by atoms with van der Waals surface area (Å²) in [5, 5.41) is 16.8. The number of hydrogen-bond donors (Lipinski definition) is 3. The van der Waals surface area contributed by atoms with E-state index in [1.165, 1.54) is 9.80 Å². The van der Waals surface area contributed by atoms with E-state index in [-0.39, 0.29) is 80.7 Å². The zero-order valence-electron chi connectivity index (χ0n) is 39.7. The first kappa shape index (κ1) is 56.8. The number of carbonyl (C=O) groups is 4. The lowest BCUT2D eigenvalue weighted by molar-refractivity contribution is -0.167. The van der Waals surface area contributed by atoms with Crippen molar-refractivity contribution in [2.75, 3.05) is 13.1 Å². The number of benzene rings is 2. The molecule has 406 valence electrons. The molecule has 2 saturated carbocycles. The van der Waals surface area contributed by atoms with E-state index in [9.17, 15) is 67.1 Å². The highest BCUT2D eigenvalue weighted by molar-refractivity contribution is 5.79. The first-order chi connectivity index (χ1) is 34.5. The molecule has 8 rings (SSSR count). The summed E-state index contributed by atoms with van der Waals surface area (Å²) < 4.78 is 177. The number of carboxylic acid groups (broad SMARTS) is 1. The molecule has 4 atom stereocenters. The number of alkyl carbamates (subject to hydrolysis) is 1. The van der Waals surface area contributed by atoms with Gasteiger partial charge in [-0.3, -0.25) is 14.4 Å². The Morgan fingerprint density at radius 3 is 1.50 bits per heavy atom. The third-order valence-electron chi connectivity index (χ3n) is 12.7. The maximum Gasteiger partial charge on any atom is 0.407 e. The van der Waals surface area contributed by atoms with Crippen molar-refractivity contribution in [3.05, 3.63) is 93.7 Å². The number of nitrogens with two attached hydrogens (primary N) is 1. The van der Waals surface area contributed by atoms with Gasteiger partial charge in [0.15, 0.2) is 34.9 Å². The van der Waals surface area contributed by atoms with Crippen LogP contribution in [0.4, 0.5) is 57.5 Å². The third kappa shape index (κ3) is 13.1. The van der Waals surface area contributed by atoms with E-state index >= 15 is 0 Å². The van der Waals surface area contributed by atoms with Crippen LogP contribution in [0.3, 0.4) is 0 Å². The lowest BCUT2D eigenvalue weighted by Gasteiger charge is -2.27. The normalized spacial score (nSPS) is 19.6. The Morgan fingerprint density at radius 2 is 1.11 bits per heavy atom. The van der Waals surface area contributed by atoms with Crippen molar-refractivity contribution in [2.24, 2.45) is 5.73 Å². The molecule has 74 heavy (non-hydrogen) atoms. The van der Waals surface area contributed by atoms with Crippen LogP contribution < -0.4 is 11.1 Å². The molecule has 4 aliphatic rings. The minimum atomic E-state index is -4.54. The Bertz CT molecular complexity index is 2670. The largest absolute Gasteiger partial charge is 0.483 e. The quantitative estimate of drug-likeness (QED) is 0.0649. The molecule has 16 nitrogen and oxygen atoms in total. The topological polar surface area (TPSA) is 220 Å².